The van der Waals surface area contributed by atoms with Crippen LogP contribution >= 0.6 is 0 Å². The Bertz CT molecular complexity index is 245. The summed E-state index contributed by atoms with van der Waals surface area (Å²) in [5.74, 6) is 1.77. The average Bonchev–Trinajstić information content (AvgIpc) is 2.89. The highest BCUT2D eigenvalue weighted by atomic mass is 16.5. The normalized spacial score (nSPS) is 31.5. The molecule has 2 nitrogen and oxygen atoms in total. The summed E-state index contributed by atoms with van der Waals surface area (Å²) in [6, 6.07) is 0.775. The minimum absolute atomic E-state index is 0.541. The zero-order valence-electron chi connectivity index (χ0n) is 12.5. The third-order valence-corrected chi connectivity index (χ3v) is 5.14. The number of rotatable bonds is 7. The summed E-state index contributed by atoms with van der Waals surface area (Å²) < 4.78 is 5.42. The second kappa shape index (κ2) is 6.38. The first-order chi connectivity index (χ1) is 8.66. The quantitative estimate of drug-likeness (QED) is 0.700. The topological polar surface area (TPSA) is 21.3 Å². The summed E-state index contributed by atoms with van der Waals surface area (Å²) >= 11 is 0. The van der Waals surface area contributed by atoms with Crippen LogP contribution < -0.4 is 5.32 Å². The van der Waals surface area contributed by atoms with Gasteiger partial charge in [-0.3, -0.25) is 0 Å². The highest BCUT2D eigenvalue weighted by Crippen LogP contribution is 2.54. The van der Waals surface area contributed by atoms with Gasteiger partial charge in [0.05, 0.1) is 0 Å². The van der Waals surface area contributed by atoms with Crippen LogP contribution in [0.25, 0.3) is 0 Å². The van der Waals surface area contributed by atoms with Crippen molar-refractivity contribution in [2.45, 2.75) is 65.3 Å². The van der Waals surface area contributed by atoms with Gasteiger partial charge in [0, 0.05) is 19.3 Å². The zero-order chi connectivity index (χ0) is 13.0. The van der Waals surface area contributed by atoms with Crippen molar-refractivity contribution in [2.75, 3.05) is 19.8 Å². The van der Waals surface area contributed by atoms with Crippen molar-refractivity contribution in [3.8, 4) is 0 Å². The van der Waals surface area contributed by atoms with Crippen molar-refractivity contribution in [1.82, 2.24) is 5.32 Å². The Morgan fingerprint density at radius 2 is 1.89 bits per heavy atom. The van der Waals surface area contributed by atoms with Gasteiger partial charge >= 0.3 is 0 Å². The van der Waals surface area contributed by atoms with E-state index >= 15 is 0 Å². The molecule has 2 rings (SSSR count). The fraction of sp³-hybridized carbons (Fsp3) is 1.00. The molecule has 2 aliphatic rings. The molecular weight excluding hydrogens is 222 g/mol. The summed E-state index contributed by atoms with van der Waals surface area (Å²) in [7, 11) is 0. The molecule has 1 aliphatic heterocycles. The van der Waals surface area contributed by atoms with E-state index in [-0.39, 0.29) is 0 Å². The van der Waals surface area contributed by atoms with E-state index in [0.717, 1.165) is 31.1 Å². The van der Waals surface area contributed by atoms with Crippen molar-refractivity contribution in [1.29, 1.82) is 0 Å². The summed E-state index contributed by atoms with van der Waals surface area (Å²) in [5, 5.41) is 3.84. The van der Waals surface area contributed by atoms with E-state index < -0.39 is 0 Å². The SMILES string of the molecule is CCCCCC1C(NCC2CCOCC2)C1(C)C. The monoisotopic (exact) mass is 253 g/mol. The van der Waals surface area contributed by atoms with Crippen LogP contribution in [0.15, 0.2) is 0 Å². The number of nitrogens with one attached hydrogen (secondary N) is 1. The largest absolute Gasteiger partial charge is 0.381 e. The Hall–Kier alpha value is -0.0800. The van der Waals surface area contributed by atoms with Crippen molar-refractivity contribution >= 4 is 0 Å². The van der Waals surface area contributed by atoms with Crippen LogP contribution in [-0.2, 0) is 4.74 Å². The first kappa shape index (κ1) is 14.3. The molecule has 2 heteroatoms. The molecule has 0 aromatic heterocycles. The van der Waals surface area contributed by atoms with Crippen molar-refractivity contribution in [3.63, 3.8) is 0 Å². The van der Waals surface area contributed by atoms with Crippen LogP contribution in [0.1, 0.15) is 59.3 Å². The van der Waals surface area contributed by atoms with E-state index in [4.69, 9.17) is 4.74 Å². The van der Waals surface area contributed by atoms with Gasteiger partial charge in [0.15, 0.2) is 0 Å². The first-order valence-corrected chi connectivity index (χ1v) is 7.97. The van der Waals surface area contributed by atoms with Gasteiger partial charge in [0.25, 0.3) is 0 Å². The Morgan fingerprint density at radius 1 is 1.17 bits per heavy atom. The summed E-state index contributed by atoms with van der Waals surface area (Å²) in [6.07, 6.45) is 8.08. The molecule has 2 unspecified atom stereocenters. The number of ether oxygens (including phenoxy) is 1. The van der Waals surface area contributed by atoms with Crippen LogP contribution in [0.2, 0.25) is 0 Å². The number of hydrogen-bond donors (Lipinski definition) is 1. The Morgan fingerprint density at radius 3 is 2.56 bits per heavy atom. The minimum Gasteiger partial charge on any atom is -0.381 e. The maximum Gasteiger partial charge on any atom is 0.0469 e. The summed E-state index contributed by atoms with van der Waals surface area (Å²) in [6.45, 7) is 10.3. The molecule has 1 N–H and O–H groups in total. The fourth-order valence-electron chi connectivity index (χ4n) is 3.55. The molecule has 106 valence electrons. The van der Waals surface area contributed by atoms with E-state index in [0.29, 0.717) is 5.41 Å². The first-order valence-electron chi connectivity index (χ1n) is 7.97. The van der Waals surface area contributed by atoms with Gasteiger partial charge in [0.1, 0.15) is 0 Å². The van der Waals surface area contributed by atoms with E-state index in [1.807, 2.05) is 0 Å². The van der Waals surface area contributed by atoms with E-state index in [9.17, 15) is 0 Å². The van der Waals surface area contributed by atoms with E-state index in [2.05, 4.69) is 26.1 Å². The molecule has 0 aromatic rings. The highest BCUT2D eigenvalue weighted by molar-refractivity contribution is 5.10. The van der Waals surface area contributed by atoms with Gasteiger partial charge in [-0.1, -0.05) is 40.0 Å². The summed E-state index contributed by atoms with van der Waals surface area (Å²) in [4.78, 5) is 0. The molecule has 1 aliphatic carbocycles. The van der Waals surface area contributed by atoms with Gasteiger partial charge in [-0.15, -0.1) is 0 Å². The predicted octanol–water partition coefficient (Wildman–Crippen LogP) is 3.61. The summed E-state index contributed by atoms with van der Waals surface area (Å²) in [5.41, 5.74) is 0.541. The molecule has 0 radical (unpaired) electrons. The molecule has 2 fully saturated rings. The lowest BCUT2D eigenvalue weighted by Crippen LogP contribution is -2.31. The average molecular weight is 253 g/mol. The smallest absolute Gasteiger partial charge is 0.0469 e. The highest BCUT2D eigenvalue weighted by Gasteiger charge is 2.56. The molecule has 2 atom stereocenters. The molecule has 0 bridgehead atoms. The third kappa shape index (κ3) is 3.48. The molecule has 1 saturated carbocycles. The Balaban J connectivity index is 1.66. The van der Waals surface area contributed by atoms with Crippen molar-refractivity contribution in [2.24, 2.45) is 17.3 Å². The van der Waals surface area contributed by atoms with Gasteiger partial charge in [-0.2, -0.15) is 0 Å². The second-order valence-electron chi connectivity index (χ2n) is 6.87. The van der Waals surface area contributed by atoms with Crippen LogP contribution in [0.3, 0.4) is 0 Å². The maximum absolute atomic E-state index is 5.42. The Kier molecular flexibility index (Phi) is 5.08. The molecule has 0 amide bonds. The van der Waals surface area contributed by atoms with Crippen LogP contribution in [0.5, 0.6) is 0 Å². The van der Waals surface area contributed by atoms with Gasteiger partial charge in [0.2, 0.25) is 0 Å². The van der Waals surface area contributed by atoms with Gasteiger partial charge < -0.3 is 10.1 Å². The van der Waals surface area contributed by atoms with Gasteiger partial charge in [-0.25, -0.2) is 0 Å². The molecule has 1 heterocycles. The number of unbranched alkanes of at least 4 members (excludes halogenated alkanes) is 2. The lowest BCUT2D eigenvalue weighted by atomic mass is 10.0. The van der Waals surface area contributed by atoms with Crippen molar-refractivity contribution < 1.29 is 4.74 Å². The van der Waals surface area contributed by atoms with Gasteiger partial charge in [-0.05, 0) is 43.1 Å². The lowest BCUT2D eigenvalue weighted by molar-refractivity contribution is 0.0659. The van der Waals surface area contributed by atoms with Crippen LogP contribution in [0, 0.1) is 17.3 Å². The molecular formula is C16H31NO. The van der Waals surface area contributed by atoms with E-state index in [1.54, 1.807) is 0 Å². The lowest BCUT2D eigenvalue weighted by Gasteiger charge is -2.22. The van der Waals surface area contributed by atoms with Crippen LogP contribution in [0.4, 0.5) is 0 Å². The molecule has 0 aromatic carbocycles. The zero-order valence-corrected chi connectivity index (χ0v) is 12.5. The van der Waals surface area contributed by atoms with Crippen molar-refractivity contribution in [3.05, 3.63) is 0 Å². The van der Waals surface area contributed by atoms with E-state index in [1.165, 1.54) is 45.1 Å². The maximum atomic E-state index is 5.42. The molecule has 18 heavy (non-hydrogen) atoms. The standard InChI is InChI=1S/C16H31NO/c1-4-5-6-7-14-15(16(14,2)3)17-12-13-8-10-18-11-9-13/h13-15,17H,4-12H2,1-3H3. The molecule has 0 spiro atoms. The fourth-order valence-corrected chi connectivity index (χ4v) is 3.55. The number of hydrogen-bond acceptors (Lipinski definition) is 2. The van der Waals surface area contributed by atoms with Crippen LogP contribution in [-0.4, -0.2) is 25.8 Å². The third-order valence-electron chi connectivity index (χ3n) is 5.14. The molecule has 1 saturated heterocycles. The Labute approximate surface area is 113 Å². The predicted molar refractivity (Wildman–Crippen MR) is 76.7 cm³/mol. The minimum atomic E-state index is 0.541. The second-order valence-corrected chi connectivity index (χ2v) is 6.87.